The van der Waals surface area contributed by atoms with Crippen LogP contribution < -0.4 is 0 Å². The van der Waals surface area contributed by atoms with Crippen molar-refractivity contribution in [2.45, 2.75) is 26.3 Å². The van der Waals surface area contributed by atoms with Crippen molar-refractivity contribution in [3.8, 4) is 0 Å². The first-order valence-electron chi connectivity index (χ1n) is 7.59. The number of hydrogen-bond acceptors (Lipinski definition) is 5. The van der Waals surface area contributed by atoms with Gasteiger partial charge in [-0.2, -0.15) is 0 Å². The van der Waals surface area contributed by atoms with Crippen LogP contribution in [0.2, 0.25) is 0 Å². The fourth-order valence-corrected chi connectivity index (χ4v) is 3.75. The summed E-state index contributed by atoms with van der Waals surface area (Å²) in [7, 11) is 0. The highest BCUT2D eigenvalue weighted by atomic mass is 32.2. The summed E-state index contributed by atoms with van der Waals surface area (Å²) in [5, 5.41) is 18.4. The van der Waals surface area contributed by atoms with Gasteiger partial charge in [0.15, 0.2) is 0 Å². The molecule has 1 saturated heterocycles. The molecule has 1 heterocycles. The average molecular weight is 379 g/mol. The highest BCUT2D eigenvalue weighted by Gasteiger charge is 2.42. The van der Waals surface area contributed by atoms with E-state index in [0.717, 1.165) is 16.7 Å². The minimum Gasteiger partial charge on any atom is -0.480 e. The van der Waals surface area contributed by atoms with Gasteiger partial charge in [0.05, 0.1) is 10.5 Å². The zero-order valence-electron chi connectivity index (χ0n) is 13.6. The maximum atomic E-state index is 12.7. The van der Waals surface area contributed by atoms with E-state index >= 15 is 0 Å². The predicted molar refractivity (Wildman–Crippen MR) is 99.3 cm³/mol. The molecule has 0 aliphatic carbocycles. The van der Waals surface area contributed by atoms with E-state index in [4.69, 9.17) is 17.3 Å². The van der Waals surface area contributed by atoms with E-state index in [0.29, 0.717) is 16.9 Å². The molecule has 2 N–H and O–H groups in total. The van der Waals surface area contributed by atoms with Gasteiger partial charge in [0.1, 0.15) is 10.4 Å². The van der Waals surface area contributed by atoms with E-state index in [-0.39, 0.29) is 15.8 Å². The van der Waals surface area contributed by atoms with Crippen LogP contribution in [0.25, 0.3) is 6.08 Å². The van der Waals surface area contributed by atoms with E-state index in [2.05, 4.69) is 0 Å². The van der Waals surface area contributed by atoms with E-state index < -0.39 is 23.9 Å². The second-order valence-electron chi connectivity index (χ2n) is 5.65. The van der Waals surface area contributed by atoms with Gasteiger partial charge in [0.25, 0.3) is 5.91 Å². The Balaban J connectivity index is 2.30. The average Bonchev–Trinajstić information content (AvgIpc) is 2.82. The summed E-state index contributed by atoms with van der Waals surface area (Å²) in [6.45, 7) is 3.63. The second-order valence-corrected chi connectivity index (χ2v) is 7.32. The highest BCUT2D eigenvalue weighted by molar-refractivity contribution is 8.26. The van der Waals surface area contributed by atoms with Crippen molar-refractivity contribution in [2.75, 3.05) is 0 Å². The highest BCUT2D eigenvalue weighted by Crippen LogP contribution is 2.36. The van der Waals surface area contributed by atoms with Gasteiger partial charge in [-0.1, -0.05) is 56.4 Å². The van der Waals surface area contributed by atoms with Crippen molar-refractivity contribution in [1.29, 1.82) is 0 Å². The van der Waals surface area contributed by atoms with Gasteiger partial charge in [0, 0.05) is 0 Å². The van der Waals surface area contributed by atoms with Crippen molar-refractivity contribution in [3.63, 3.8) is 0 Å². The number of carboxylic acids is 2. The summed E-state index contributed by atoms with van der Waals surface area (Å²) in [6, 6.07) is 5.04. The molecular weight excluding hydrogens is 362 g/mol. The maximum Gasteiger partial charge on any atom is 0.335 e. The standard InChI is InChI=1S/C17H17NO5S2/c1-3-9(2)13(16(22)23)18-14(19)12(25-17(18)24)8-10-4-6-11(7-5-10)15(20)21/h4-9,13H,3H2,1-2H3,(H,20,21)(H,22,23)/b12-8-. The van der Waals surface area contributed by atoms with Gasteiger partial charge in [-0.15, -0.1) is 0 Å². The Labute approximate surface area is 154 Å². The summed E-state index contributed by atoms with van der Waals surface area (Å²) >= 11 is 6.26. The molecule has 0 radical (unpaired) electrons. The molecule has 1 fully saturated rings. The molecule has 1 aromatic carbocycles. The molecule has 2 atom stereocenters. The molecular formula is C17H17NO5S2. The van der Waals surface area contributed by atoms with Crippen LogP contribution >= 0.6 is 24.0 Å². The molecule has 0 saturated carbocycles. The number of rotatable bonds is 6. The fourth-order valence-electron chi connectivity index (χ4n) is 2.42. The Hall–Kier alpha value is -2.19. The molecule has 132 valence electrons. The molecule has 25 heavy (non-hydrogen) atoms. The first-order chi connectivity index (χ1) is 11.8. The molecule has 2 rings (SSSR count). The quantitative estimate of drug-likeness (QED) is 0.579. The van der Waals surface area contributed by atoms with Crippen molar-refractivity contribution in [1.82, 2.24) is 4.90 Å². The summed E-state index contributed by atoms with van der Waals surface area (Å²) in [6.07, 6.45) is 2.18. The fraction of sp³-hybridized carbons (Fsp3) is 0.294. The zero-order valence-corrected chi connectivity index (χ0v) is 15.3. The summed E-state index contributed by atoms with van der Waals surface area (Å²) in [4.78, 5) is 36.6. The predicted octanol–water partition coefficient (Wildman–Crippen LogP) is 3.09. The first kappa shape index (κ1) is 19.1. The third-order valence-electron chi connectivity index (χ3n) is 3.99. The lowest BCUT2D eigenvalue weighted by atomic mass is 9.98. The van der Waals surface area contributed by atoms with Gasteiger partial charge < -0.3 is 10.2 Å². The van der Waals surface area contributed by atoms with Crippen molar-refractivity contribution >= 4 is 52.2 Å². The van der Waals surface area contributed by atoms with E-state index in [1.807, 2.05) is 6.92 Å². The van der Waals surface area contributed by atoms with Crippen LogP contribution in [0.15, 0.2) is 29.2 Å². The number of hydrogen-bond donors (Lipinski definition) is 2. The third kappa shape index (κ3) is 4.08. The summed E-state index contributed by atoms with van der Waals surface area (Å²) in [5.41, 5.74) is 0.785. The second kappa shape index (κ2) is 7.79. The molecule has 6 nitrogen and oxygen atoms in total. The lowest BCUT2D eigenvalue weighted by Gasteiger charge is -2.27. The molecule has 1 aliphatic rings. The van der Waals surface area contributed by atoms with Gasteiger partial charge in [-0.05, 0) is 29.7 Å². The van der Waals surface area contributed by atoms with Crippen molar-refractivity contribution in [3.05, 3.63) is 40.3 Å². The number of thioether (sulfide) groups is 1. The van der Waals surface area contributed by atoms with Crippen LogP contribution in [0.1, 0.15) is 36.2 Å². The van der Waals surface area contributed by atoms with E-state index in [1.54, 1.807) is 25.1 Å². The van der Waals surface area contributed by atoms with Crippen LogP contribution in [0, 0.1) is 5.92 Å². The number of thiocarbonyl (C=S) groups is 1. The normalized spacial score (nSPS) is 18.5. The largest absolute Gasteiger partial charge is 0.480 e. The Morgan fingerprint density at radius 1 is 1.28 bits per heavy atom. The molecule has 1 amide bonds. The van der Waals surface area contributed by atoms with Gasteiger partial charge in [0.2, 0.25) is 0 Å². The van der Waals surface area contributed by atoms with Gasteiger partial charge in [-0.25, -0.2) is 9.59 Å². The van der Waals surface area contributed by atoms with Crippen LogP contribution in [-0.2, 0) is 9.59 Å². The third-order valence-corrected chi connectivity index (χ3v) is 5.32. The van der Waals surface area contributed by atoms with Gasteiger partial charge >= 0.3 is 11.9 Å². The number of amides is 1. The lowest BCUT2D eigenvalue weighted by Crippen LogP contribution is -2.47. The molecule has 2 unspecified atom stereocenters. The van der Waals surface area contributed by atoms with Crippen molar-refractivity contribution < 1.29 is 24.6 Å². The van der Waals surface area contributed by atoms with Crippen LogP contribution in [0.5, 0.6) is 0 Å². The monoisotopic (exact) mass is 379 g/mol. The van der Waals surface area contributed by atoms with E-state index in [1.165, 1.54) is 12.1 Å². The number of carbonyl (C=O) groups excluding carboxylic acids is 1. The molecule has 0 aromatic heterocycles. The number of aliphatic carboxylic acids is 1. The summed E-state index contributed by atoms with van der Waals surface area (Å²) in [5.74, 6) is -2.80. The van der Waals surface area contributed by atoms with Crippen molar-refractivity contribution in [2.24, 2.45) is 5.92 Å². The minimum atomic E-state index is -1.09. The first-order valence-corrected chi connectivity index (χ1v) is 8.82. The number of benzene rings is 1. The topological polar surface area (TPSA) is 94.9 Å². The Morgan fingerprint density at radius 2 is 1.88 bits per heavy atom. The molecule has 1 aliphatic heterocycles. The number of carbonyl (C=O) groups is 3. The smallest absolute Gasteiger partial charge is 0.335 e. The molecule has 0 bridgehead atoms. The zero-order chi connectivity index (χ0) is 18.7. The Morgan fingerprint density at radius 3 is 2.36 bits per heavy atom. The van der Waals surface area contributed by atoms with E-state index in [9.17, 15) is 19.5 Å². The Kier molecular flexibility index (Phi) is 5.97. The number of aromatic carboxylic acids is 1. The van der Waals surface area contributed by atoms with Crippen LogP contribution in [0.3, 0.4) is 0 Å². The van der Waals surface area contributed by atoms with Crippen LogP contribution in [-0.4, -0.2) is 43.3 Å². The maximum absolute atomic E-state index is 12.7. The van der Waals surface area contributed by atoms with Crippen LogP contribution in [0.4, 0.5) is 0 Å². The number of carboxylic acid groups (broad SMARTS) is 2. The van der Waals surface area contributed by atoms with Gasteiger partial charge in [-0.3, -0.25) is 9.69 Å². The lowest BCUT2D eigenvalue weighted by molar-refractivity contribution is -0.147. The Bertz CT molecular complexity index is 757. The molecule has 1 aromatic rings. The SMILES string of the molecule is CCC(C)C(C(=O)O)N1C(=O)/C(=C/c2ccc(C(=O)O)cc2)SC1=S. The molecule has 0 spiro atoms. The molecule has 8 heteroatoms. The summed E-state index contributed by atoms with van der Waals surface area (Å²) < 4.78 is 0.214. The number of nitrogens with zero attached hydrogens (tertiary/aromatic N) is 1. The minimum absolute atomic E-state index is 0.146.